The molecule has 0 aliphatic carbocycles. The zero-order valence-electron chi connectivity index (χ0n) is 11.9. The Hall–Kier alpha value is -1.69. The van der Waals surface area contributed by atoms with Crippen LogP contribution >= 0.6 is 0 Å². The Morgan fingerprint density at radius 1 is 1.37 bits per heavy atom. The van der Waals surface area contributed by atoms with Gasteiger partial charge in [-0.25, -0.2) is 9.97 Å². The van der Waals surface area contributed by atoms with Crippen LogP contribution in [0, 0.1) is 0 Å². The molecular weight excluding hydrogens is 242 g/mol. The molecule has 6 nitrogen and oxygen atoms in total. The monoisotopic (exact) mass is 265 g/mol. The zero-order valence-corrected chi connectivity index (χ0v) is 11.9. The molecule has 0 aliphatic heterocycles. The molecule has 1 aromatic rings. The summed E-state index contributed by atoms with van der Waals surface area (Å²) in [5.41, 5.74) is 0.396. The predicted molar refractivity (Wildman–Crippen MR) is 76.3 cm³/mol. The van der Waals surface area contributed by atoms with Crippen molar-refractivity contribution in [3.8, 4) is 0 Å². The van der Waals surface area contributed by atoms with Crippen molar-refractivity contribution in [1.29, 1.82) is 0 Å². The third-order valence-corrected chi connectivity index (χ3v) is 2.55. The van der Waals surface area contributed by atoms with Gasteiger partial charge in [0.1, 0.15) is 5.69 Å². The first-order valence-electron chi connectivity index (χ1n) is 6.63. The largest absolute Gasteiger partial charge is 0.354 e. The molecule has 19 heavy (non-hydrogen) atoms. The van der Waals surface area contributed by atoms with Gasteiger partial charge in [0.15, 0.2) is 0 Å². The predicted octanol–water partition coefficient (Wildman–Crippen LogP) is 0.980. The number of likely N-dealkylation sites (N-methyl/N-ethyl adjacent to an activating group) is 1. The van der Waals surface area contributed by atoms with Gasteiger partial charge in [-0.15, -0.1) is 0 Å². The van der Waals surface area contributed by atoms with Crippen LogP contribution in [0.15, 0.2) is 12.3 Å². The molecule has 1 amide bonds. The van der Waals surface area contributed by atoms with Gasteiger partial charge in [-0.1, -0.05) is 13.3 Å². The number of aromatic nitrogens is 2. The average molecular weight is 265 g/mol. The van der Waals surface area contributed by atoms with Gasteiger partial charge >= 0.3 is 0 Å². The maximum absolute atomic E-state index is 11.9. The Morgan fingerprint density at radius 2 is 2.16 bits per heavy atom. The summed E-state index contributed by atoms with van der Waals surface area (Å²) in [6.07, 6.45) is 3.77. The molecule has 0 unspecified atom stereocenters. The fourth-order valence-electron chi connectivity index (χ4n) is 1.43. The van der Waals surface area contributed by atoms with Crippen LogP contribution in [0.2, 0.25) is 0 Å². The summed E-state index contributed by atoms with van der Waals surface area (Å²) in [5.74, 6) is 0.344. The van der Waals surface area contributed by atoms with Crippen LogP contribution in [0.1, 0.15) is 30.3 Å². The molecular formula is C13H23N5O. The van der Waals surface area contributed by atoms with Crippen molar-refractivity contribution in [1.82, 2.24) is 20.2 Å². The third-order valence-electron chi connectivity index (χ3n) is 2.55. The van der Waals surface area contributed by atoms with Crippen molar-refractivity contribution in [3.05, 3.63) is 18.0 Å². The van der Waals surface area contributed by atoms with Crippen LogP contribution in [-0.4, -0.2) is 54.5 Å². The molecule has 0 atom stereocenters. The van der Waals surface area contributed by atoms with Gasteiger partial charge in [0, 0.05) is 25.8 Å². The van der Waals surface area contributed by atoms with E-state index in [0.717, 1.165) is 25.9 Å². The Labute approximate surface area is 114 Å². The highest BCUT2D eigenvalue weighted by molar-refractivity contribution is 5.92. The number of hydrogen-bond acceptors (Lipinski definition) is 5. The Morgan fingerprint density at radius 3 is 2.84 bits per heavy atom. The number of amides is 1. The quantitative estimate of drug-likeness (QED) is 0.686. The van der Waals surface area contributed by atoms with Crippen LogP contribution in [0.3, 0.4) is 0 Å². The Balaban J connectivity index is 2.48. The normalized spacial score (nSPS) is 10.5. The van der Waals surface area contributed by atoms with E-state index in [4.69, 9.17) is 0 Å². The van der Waals surface area contributed by atoms with E-state index in [0.29, 0.717) is 18.2 Å². The van der Waals surface area contributed by atoms with E-state index in [2.05, 4.69) is 27.5 Å². The fraction of sp³-hybridized carbons (Fsp3) is 0.615. The lowest BCUT2D eigenvalue weighted by atomic mass is 10.3. The van der Waals surface area contributed by atoms with E-state index in [1.165, 1.54) is 0 Å². The minimum absolute atomic E-state index is 0.164. The van der Waals surface area contributed by atoms with E-state index in [-0.39, 0.29) is 5.91 Å². The maximum atomic E-state index is 11.9. The minimum Gasteiger partial charge on any atom is -0.354 e. The van der Waals surface area contributed by atoms with E-state index in [1.807, 2.05) is 19.0 Å². The van der Waals surface area contributed by atoms with Gasteiger partial charge in [0.2, 0.25) is 5.95 Å². The number of carbonyl (C=O) groups is 1. The fourth-order valence-corrected chi connectivity index (χ4v) is 1.43. The SMILES string of the molecule is CCCCNc1nccc(C(=O)NCCN(C)C)n1. The van der Waals surface area contributed by atoms with E-state index in [9.17, 15) is 4.79 Å². The molecule has 0 aromatic carbocycles. The molecule has 0 fully saturated rings. The first-order valence-corrected chi connectivity index (χ1v) is 6.63. The molecule has 106 valence electrons. The lowest BCUT2D eigenvalue weighted by Crippen LogP contribution is -2.31. The summed E-state index contributed by atoms with van der Waals surface area (Å²) in [4.78, 5) is 22.2. The number of hydrogen-bond donors (Lipinski definition) is 2. The summed E-state index contributed by atoms with van der Waals surface area (Å²) < 4.78 is 0. The lowest BCUT2D eigenvalue weighted by Gasteiger charge is -2.10. The molecule has 0 aliphatic rings. The minimum atomic E-state index is -0.164. The van der Waals surface area contributed by atoms with E-state index < -0.39 is 0 Å². The van der Waals surface area contributed by atoms with Crippen molar-refractivity contribution in [2.75, 3.05) is 39.0 Å². The summed E-state index contributed by atoms with van der Waals surface area (Å²) in [5, 5.41) is 5.93. The summed E-state index contributed by atoms with van der Waals surface area (Å²) in [6, 6.07) is 1.62. The maximum Gasteiger partial charge on any atom is 0.270 e. The standard InChI is InChI=1S/C13H23N5O/c1-4-5-7-15-13-16-8-6-11(17-13)12(19)14-9-10-18(2)3/h6,8H,4-5,7,9-10H2,1-3H3,(H,14,19)(H,15,16,17). The van der Waals surface area contributed by atoms with Crippen molar-refractivity contribution in [3.63, 3.8) is 0 Å². The Bertz CT molecular complexity index is 394. The number of nitrogens with one attached hydrogen (secondary N) is 2. The molecule has 1 aromatic heterocycles. The summed E-state index contributed by atoms with van der Waals surface area (Å²) >= 11 is 0. The molecule has 0 bridgehead atoms. The van der Waals surface area contributed by atoms with Crippen LogP contribution in [-0.2, 0) is 0 Å². The van der Waals surface area contributed by atoms with E-state index >= 15 is 0 Å². The van der Waals surface area contributed by atoms with Gasteiger partial charge in [-0.05, 0) is 26.6 Å². The summed E-state index contributed by atoms with van der Waals surface area (Å²) in [6.45, 7) is 4.35. The second kappa shape index (κ2) is 8.42. The van der Waals surface area contributed by atoms with Gasteiger partial charge in [-0.3, -0.25) is 4.79 Å². The second-order valence-corrected chi connectivity index (χ2v) is 4.60. The molecule has 0 saturated heterocycles. The second-order valence-electron chi connectivity index (χ2n) is 4.60. The molecule has 0 spiro atoms. The topological polar surface area (TPSA) is 70.2 Å². The first kappa shape index (κ1) is 15.4. The number of nitrogens with zero attached hydrogens (tertiary/aromatic N) is 3. The summed E-state index contributed by atoms with van der Waals surface area (Å²) in [7, 11) is 3.93. The lowest BCUT2D eigenvalue weighted by molar-refractivity contribution is 0.0946. The zero-order chi connectivity index (χ0) is 14.1. The molecule has 0 radical (unpaired) electrons. The van der Waals surface area contributed by atoms with Crippen LogP contribution in [0.25, 0.3) is 0 Å². The average Bonchev–Trinajstić information content (AvgIpc) is 2.39. The number of anilines is 1. The van der Waals surface area contributed by atoms with Gasteiger partial charge in [0.05, 0.1) is 0 Å². The smallest absolute Gasteiger partial charge is 0.270 e. The van der Waals surface area contributed by atoms with Crippen LogP contribution < -0.4 is 10.6 Å². The van der Waals surface area contributed by atoms with Crippen molar-refractivity contribution in [2.45, 2.75) is 19.8 Å². The van der Waals surface area contributed by atoms with Crippen molar-refractivity contribution >= 4 is 11.9 Å². The van der Waals surface area contributed by atoms with Crippen molar-refractivity contribution in [2.24, 2.45) is 0 Å². The number of unbranched alkanes of at least 4 members (excludes halogenated alkanes) is 1. The third kappa shape index (κ3) is 6.15. The Kier molecular flexibility index (Phi) is 6.81. The highest BCUT2D eigenvalue weighted by Crippen LogP contribution is 2.01. The number of carbonyl (C=O) groups excluding carboxylic acids is 1. The highest BCUT2D eigenvalue weighted by atomic mass is 16.1. The van der Waals surface area contributed by atoms with Gasteiger partial charge in [0.25, 0.3) is 5.91 Å². The van der Waals surface area contributed by atoms with Crippen LogP contribution in [0.5, 0.6) is 0 Å². The van der Waals surface area contributed by atoms with Gasteiger partial charge in [-0.2, -0.15) is 0 Å². The van der Waals surface area contributed by atoms with Crippen molar-refractivity contribution < 1.29 is 4.79 Å². The van der Waals surface area contributed by atoms with E-state index in [1.54, 1.807) is 12.3 Å². The molecule has 2 N–H and O–H groups in total. The highest BCUT2D eigenvalue weighted by Gasteiger charge is 2.07. The van der Waals surface area contributed by atoms with Crippen LogP contribution in [0.4, 0.5) is 5.95 Å². The first-order chi connectivity index (χ1) is 9.13. The van der Waals surface area contributed by atoms with Gasteiger partial charge < -0.3 is 15.5 Å². The molecule has 1 rings (SSSR count). The molecule has 1 heterocycles. The number of rotatable bonds is 8. The molecule has 0 saturated carbocycles. The molecule has 6 heteroatoms.